The zero-order valence-electron chi connectivity index (χ0n) is 30.4. The predicted octanol–water partition coefficient (Wildman–Crippen LogP) is 13.4. The Bertz CT molecular complexity index is 3410. The van der Waals surface area contributed by atoms with Gasteiger partial charge >= 0.3 is 0 Å². The van der Waals surface area contributed by atoms with Gasteiger partial charge in [0.25, 0.3) is 0 Å². The van der Waals surface area contributed by atoms with Gasteiger partial charge in [-0.25, -0.2) is 15.0 Å². The van der Waals surface area contributed by atoms with Gasteiger partial charge in [0.1, 0.15) is 22.3 Å². The van der Waals surface area contributed by atoms with E-state index < -0.39 is 0 Å². The molecule has 8 aromatic carbocycles. The summed E-state index contributed by atoms with van der Waals surface area (Å²) >= 11 is 0. The van der Waals surface area contributed by atoms with Gasteiger partial charge in [-0.05, 0) is 54.1 Å². The summed E-state index contributed by atoms with van der Waals surface area (Å²) in [5.74, 6) is 1.82. The third-order valence-electron chi connectivity index (χ3n) is 11.1. The zero-order valence-corrected chi connectivity index (χ0v) is 30.4. The van der Waals surface area contributed by atoms with Gasteiger partial charge in [-0.1, -0.05) is 133 Å². The molecule has 6 nitrogen and oxygen atoms in total. The predicted molar refractivity (Wildman–Crippen MR) is 230 cm³/mol. The number of hydrogen-bond acceptors (Lipinski definition) is 5. The van der Waals surface area contributed by atoms with Crippen LogP contribution in [0.5, 0.6) is 0 Å². The monoisotopic (exact) mass is 730 g/mol. The second-order valence-electron chi connectivity index (χ2n) is 14.4. The van der Waals surface area contributed by atoms with Crippen LogP contribution in [0.15, 0.2) is 191 Å². The van der Waals surface area contributed by atoms with E-state index in [1.54, 1.807) is 0 Å². The minimum absolute atomic E-state index is 0.590. The SMILES string of the molecule is c1ccc(-c2nc(-c3ccccc3)nc(-c3cccc4oc5c(-c6ccc7oc8ccc(-n9c%10ccccc%10c%10ccccc%109)cc8c7c6)cccc5c34)n2)cc1. The van der Waals surface area contributed by atoms with Crippen LogP contribution in [0.25, 0.3) is 117 Å². The van der Waals surface area contributed by atoms with Crippen molar-refractivity contribution in [1.29, 1.82) is 0 Å². The van der Waals surface area contributed by atoms with Crippen molar-refractivity contribution < 1.29 is 8.83 Å². The molecule has 4 aromatic heterocycles. The third kappa shape index (κ3) is 4.94. The molecule has 6 heteroatoms. The molecule has 0 saturated heterocycles. The molecule has 0 saturated carbocycles. The molecular formula is C51H30N4O2. The molecule has 0 aliphatic carbocycles. The normalized spacial score (nSPS) is 11.9. The zero-order chi connectivity index (χ0) is 37.5. The largest absolute Gasteiger partial charge is 0.456 e. The maximum Gasteiger partial charge on any atom is 0.164 e. The van der Waals surface area contributed by atoms with E-state index in [1.807, 2.05) is 72.8 Å². The molecule has 0 N–H and O–H groups in total. The van der Waals surface area contributed by atoms with Crippen LogP contribution in [-0.4, -0.2) is 19.5 Å². The van der Waals surface area contributed by atoms with Crippen LogP contribution in [0.3, 0.4) is 0 Å². The van der Waals surface area contributed by atoms with E-state index in [-0.39, 0.29) is 0 Å². The maximum absolute atomic E-state index is 6.76. The molecule has 0 spiro atoms. The van der Waals surface area contributed by atoms with E-state index in [1.165, 1.54) is 21.8 Å². The molecule has 0 bridgehead atoms. The van der Waals surface area contributed by atoms with Crippen molar-refractivity contribution in [3.8, 4) is 51.0 Å². The lowest BCUT2D eigenvalue weighted by Gasteiger charge is -2.09. The van der Waals surface area contributed by atoms with Crippen LogP contribution in [0, 0.1) is 0 Å². The van der Waals surface area contributed by atoms with Crippen LogP contribution in [-0.2, 0) is 0 Å². The summed E-state index contributed by atoms with van der Waals surface area (Å²) in [6, 6.07) is 62.6. The Hall–Kier alpha value is -7.83. The van der Waals surface area contributed by atoms with Crippen LogP contribution in [0.1, 0.15) is 0 Å². The van der Waals surface area contributed by atoms with Crippen molar-refractivity contribution in [3.05, 3.63) is 182 Å². The van der Waals surface area contributed by atoms with Crippen LogP contribution < -0.4 is 0 Å². The molecular weight excluding hydrogens is 701 g/mol. The van der Waals surface area contributed by atoms with Gasteiger partial charge in [0.15, 0.2) is 17.5 Å². The first-order valence-electron chi connectivity index (χ1n) is 19.0. The Balaban J connectivity index is 1.03. The number of fused-ring (bicyclic) bond motifs is 9. The second-order valence-corrected chi connectivity index (χ2v) is 14.4. The van der Waals surface area contributed by atoms with Crippen molar-refractivity contribution in [2.24, 2.45) is 0 Å². The van der Waals surface area contributed by atoms with E-state index in [0.717, 1.165) is 77.4 Å². The molecule has 12 rings (SSSR count). The standard InChI is InChI=1S/C51H30N4O2/c1-3-13-31(14-4-1)49-52-50(32-15-5-2-6-16-32)54-51(53-49)39-21-12-24-46-47(39)38-20-11-19-35(48(38)57-46)33-25-27-44-40(29-33)41-30-34(26-28-45(41)56-44)55-42-22-9-7-17-36(42)37-18-8-10-23-43(37)55/h1-30H. The van der Waals surface area contributed by atoms with Gasteiger partial charge in [0, 0.05) is 60.3 Å². The van der Waals surface area contributed by atoms with Gasteiger partial charge in [0.05, 0.1) is 11.0 Å². The summed E-state index contributed by atoms with van der Waals surface area (Å²) in [6.07, 6.45) is 0. The Morgan fingerprint density at radius 1 is 0.351 bits per heavy atom. The fourth-order valence-electron chi connectivity index (χ4n) is 8.46. The molecule has 4 heterocycles. The molecule has 0 unspecified atom stereocenters. The number of para-hydroxylation sites is 3. The van der Waals surface area contributed by atoms with Gasteiger partial charge < -0.3 is 13.4 Å². The first kappa shape index (κ1) is 31.5. The molecule has 0 aliphatic rings. The van der Waals surface area contributed by atoms with E-state index >= 15 is 0 Å². The van der Waals surface area contributed by atoms with E-state index in [9.17, 15) is 0 Å². The highest BCUT2D eigenvalue weighted by atomic mass is 16.3. The van der Waals surface area contributed by atoms with Crippen molar-refractivity contribution in [2.75, 3.05) is 0 Å². The highest BCUT2D eigenvalue weighted by Gasteiger charge is 2.21. The third-order valence-corrected chi connectivity index (χ3v) is 11.1. The number of hydrogen-bond donors (Lipinski definition) is 0. The van der Waals surface area contributed by atoms with Crippen LogP contribution in [0.2, 0.25) is 0 Å². The van der Waals surface area contributed by atoms with E-state index in [2.05, 4.69) is 114 Å². The highest BCUT2D eigenvalue weighted by molar-refractivity contribution is 6.16. The Morgan fingerprint density at radius 3 is 1.61 bits per heavy atom. The molecule has 0 atom stereocenters. The summed E-state index contributed by atoms with van der Waals surface area (Å²) in [6.45, 7) is 0. The van der Waals surface area contributed by atoms with Crippen LogP contribution >= 0.6 is 0 Å². The minimum atomic E-state index is 0.590. The maximum atomic E-state index is 6.76. The van der Waals surface area contributed by atoms with Gasteiger partial charge in [0.2, 0.25) is 0 Å². The fourth-order valence-corrected chi connectivity index (χ4v) is 8.46. The van der Waals surface area contributed by atoms with Gasteiger partial charge in [-0.15, -0.1) is 0 Å². The lowest BCUT2D eigenvalue weighted by Crippen LogP contribution is -2.00. The van der Waals surface area contributed by atoms with Crippen LogP contribution in [0.4, 0.5) is 0 Å². The number of furan rings is 2. The first-order chi connectivity index (χ1) is 28.2. The average Bonchev–Trinajstić information content (AvgIpc) is 3.96. The number of nitrogens with zero attached hydrogens (tertiary/aromatic N) is 4. The molecule has 12 aromatic rings. The Labute approximate surface area is 325 Å². The summed E-state index contributed by atoms with van der Waals surface area (Å²) in [5, 5.41) is 6.53. The van der Waals surface area contributed by atoms with Crippen molar-refractivity contribution >= 4 is 65.7 Å². The molecule has 266 valence electrons. The Kier molecular flexibility index (Phi) is 6.83. The summed E-state index contributed by atoms with van der Waals surface area (Å²) in [5.41, 5.74) is 11.5. The molecule has 0 radical (unpaired) electrons. The molecule has 0 aliphatic heterocycles. The van der Waals surface area contributed by atoms with Crippen molar-refractivity contribution in [2.45, 2.75) is 0 Å². The smallest absolute Gasteiger partial charge is 0.164 e. The summed E-state index contributed by atoms with van der Waals surface area (Å²) < 4.78 is 15.5. The summed E-state index contributed by atoms with van der Waals surface area (Å²) in [7, 11) is 0. The lowest BCUT2D eigenvalue weighted by molar-refractivity contribution is 0.668. The number of aromatic nitrogens is 4. The number of rotatable bonds is 5. The average molecular weight is 731 g/mol. The molecule has 0 fully saturated rings. The van der Waals surface area contributed by atoms with Crippen molar-refractivity contribution in [3.63, 3.8) is 0 Å². The van der Waals surface area contributed by atoms with E-state index in [4.69, 9.17) is 23.8 Å². The second kappa shape index (κ2) is 12.3. The minimum Gasteiger partial charge on any atom is -0.456 e. The first-order valence-corrected chi connectivity index (χ1v) is 19.0. The van der Waals surface area contributed by atoms with Gasteiger partial charge in [-0.2, -0.15) is 0 Å². The van der Waals surface area contributed by atoms with Gasteiger partial charge in [-0.3, -0.25) is 0 Å². The lowest BCUT2D eigenvalue weighted by atomic mass is 9.99. The van der Waals surface area contributed by atoms with E-state index in [0.29, 0.717) is 17.5 Å². The van der Waals surface area contributed by atoms with Crippen molar-refractivity contribution in [1.82, 2.24) is 19.5 Å². The summed E-state index contributed by atoms with van der Waals surface area (Å²) in [4.78, 5) is 15.0. The fraction of sp³-hybridized carbons (Fsp3) is 0. The number of benzene rings is 8. The molecule has 57 heavy (non-hydrogen) atoms. The topological polar surface area (TPSA) is 69.9 Å². The highest BCUT2D eigenvalue weighted by Crippen LogP contribution is 2.42. The Morgan fingerprint density at radius 2 is 0.912 bits per heavy atom. The quantitative estimate of drug-likeness (QED) is 0.176. The molecule has 0 amide bonds.